The van der Waals surface area contributed by atoms with Crippen molar-refractivity contribution in [3.05, 3.63) is 63.7 Å². The fourth-order valence-electron chi connectivity index (χ4n) is 2.81. The summed E-state index contributed by atoms with van der Waals surface area (Å²) in [6.45, 7) is 11.1. The van der Waals surface area contributed by atoms with Gasteiger partial charge >= 0.3 is 0 Å². The second kappa shape index (κ2) is 8.13. The Labute approximate surface area is 151 Å². The van der Waals surface area contributed by atoms with Crippen molar-refractivity contribution in [3.8, 4) is 0 Å². The van der Waals surface area contributed by atoms with Crippen LogP contribution in [0.15, 0.2) is 35.2 Å². The van der Waals surface area contributed by atoms with E-state index in [0.29, 0.717) is 18.1 Å². The first kappa shape index (κ1) is 19.6. The zero-order chi connectivity index (χ0) is 18.6. The second-order valence-corrected chi connectivity index (χ2v) is 8.07. The molecule has 0 fully saturated rings. The van der Waals surface area contributed by atoms with Gasteiger partial charge in [-0.15, -0.1) is 0 Å². The van der Waals surface area contributed by atoms with E-state index in [1.807, 2.05) is 65.0 Å². The number of aryl methyl sites for hydroxylation is 2. The number of hydrogen-bond acceptors (Lipinski definition) is 3. The van der Waals surface area contributed by atoms with Crippen LogP contribution >= 0.6 is 0 Å². The van der Waals surface area contributed by atoms with Crippen molar-refractivity contribution in [2.24, 2.45) is 0 Å². The normalized spacial score (nSPS) is 11.7. The summed E-state index contributed by atoms with van der Waals surface area (Å²) in [4.78, 5) is 0.401. The topological polar surface area (TPSA) is 55.4 Å². The Balaban J connectivity index is 2.18. The lowest BCUT2D eigenvalue weighted by Gasteiger charge is -2.16. The van der Waals surface area contributed by atoms with E-state index in [1.54, 1.807) is 0 Å². The van der Waals surface area contributed by atoms with Gasteiger partial charge in [0.25, 0.3) is 0 Å². The van der Waals surface area contributed by atoms with Crippen LogP contribution in [0.3, 0.4) is 0 Å². The van der Waals surface area contributed by atoms with Crippen LogP contribution in [0, 0.1) is 27.7 Å². The van der Waals surface area contributed by atoms with Gasteiger partial charge < -0.3 is 4.74 Å². The molecule has 0 aliphatic heterocycles. The van der Waals surface area contributed by atoms with Crippen molar-refractivity contribution in [1.82, 2.24) is 4.72 Å². The Morgan fingerprint density at radius 2 is 1.44 bits per heavy atom. The fourth-order valence-corrected chi connectivity index (χ4v) is 4.44. The summed E-state index contributed by atoms with van der Waals surface area (Å²) in [7, 11) is -3.56. The molecule has 0 spiro atoms. The molecule has 2 rings (SSSR count). The summed E-state index contributed by atoms with van der Waals surface area (Å²) < 4.78 is 33.8. The molecule has 0 aromatic heterocycles. The van der Waals surface area contributed by atoms with Crippen molar-refractivity contribution < 1.29 is 13.2 Å². The van der Waals surface area contributed by atoms with E-state index in [1.165, 1.54) is 0 Å². The molecule has 2 aromatic carbocycles. The van der Waals surface area contributed by atoms with Crippen LogP contribution in [0.2, 0.25) is 0 Å². The maximum absolute atomic E-state index is 12.8. The van der Waals surface area contributed by atoms with Crippen molar-refractivity contribution >= 4 is 10.0 Å². The molecule has 5 heteroatoms. The minimum Gasteiger partial charge on any atom is -0.377 e. The molecule has 1 N–H and O–H groups in total. The summed E-state index contributed by atoms with van der Waals surface area (Å²) in [6.07, 6.45) is 0. The average molecular weight is 362 g/mol. The number of sulfonamides is 1. The van der Waals surface area contributed by atoms with Crippen molar-refractivity contribution in [2.45, 2.75) is 52.7 Å². The molecule has 0 amide bonds. The Hall–Kier alpha value is -1.69. The molecule has 0 heterocycles. The number of benzene rings is 2. The van der Waals surface area contributed by atoms with Gasteiger partial charge in [-0.1, -0.05) is 30.3 Å². The van der Waals surface area contributed by atoms with Gasteiger partial charge in [-0.25, -0.2) is 13.1 Å². The molecule has 136 valence electrons. The minimum atomic E-state index is -3.56. The Morgan fingerprint density at radius 3 is 1.96 bits per heavy atom. The Bertz CT molecular complexity index is 814. The summed E-state index contributed by atoms with van der Waals surface area (Å²) in [5.41, 5.74) is 5.59. The standard InChI is InChI=1S/C20H27NO3S/c1-6-24-13-19-9-7-18(8-10-19)12-21-25(22,23)20-16(4)14(2)11-15(3)17(20)5/h7-11,21H,6,12-13H2,1-5H3. The summed E-state index contributed by atoms with van der Waals surface area (Å²) in [5, 5.41) is 0. The molecular weight excluding hydrogens is 334 g/mol. The maximum Gasteiger partial charge on any atom is 0.241 e. The lowest BCUT2D eigenvalue weighted by atomic mass is 10.0. The average Bonchev–Trinajstić information content (AvgIpc) is 2.57. The van der Waals surface area contributed by atoms with Gasteiger partial charge in [-0.05, 0) is 68.0 Å². The number of nitrogens with one attached hydrogen (secondary N) is 1. The third-order valence-electron chi connectivity index (χ3n) is 4.53. The van der Waals surface area contributed by atoms with Crippen molar-refractivity contribution in [3.63, 3.8) is 0 Å². The molecule has 0 radical (unpaired) electrons. The van der Waals surface area contributed by atoms with Gasteiger partial charge in [0.1, 0.15) is 0 Å². The highest BCUT2D eigenvalue weighted by atomic mass is 32.2. The molecule has 2 aromatic rings. The lowest BCUT2D eigenvalue weighted by Crippen LogP contribution is -2.25. The predicted octanol–water partition coefficient (Wildman–Crippen LogP) is 3.94. The lowest BCUT2D eigenvalue weighted by molar-refractivity contribution is 0.134. The van der Waals surface area contributed by atoms with Crippen LogP contribution in [0.1, 0.15) is 40.3 Å². The van der Waals surface area contributed by atoms with E-state index in [0.717, 1.165) is 33.4 Å². The molecule has 4 nitrogen and oxygen atoms in total. The smallest absolute Gasteiger partial charge is 0.241 e. The van der Waals surface area contributed by atoms with Gasteiger partial charge in [-0.2, -0.15) is 0 Å². The number of ether oxygens (including phenoxy) is 1. The summed E-state index contributed by atoms with van der Waals surface area (Å²) >= 11 is 0. The second-order valence-electron chi connectivity index (χ2n) is 6.37. The highest BCUT2D eigenvalue weighted by Gasteiger charge is 2.21. The van der Waals surface area contributed by atoms with E-state index in [2.05, 4.69) is 4.72 Å². The van der Waals surface area contributed by atoms with Crippen LogP contribution in [-0.4, -0.2) is 15.0 Å². The van der Waals surface area contributed by atoms with Gasteiger partial charge in [0.2, 0.25) is 10.0 Å². The molecule has 0 aliphatic carbocycles. The third-order valence-corrected chi connectivity index (χ3v) is 6.20. The van der Waals surface area contributed by atoms with E-state index >= 15 is 0 Å². The zero-order valence-electron chi connectivity index (χ0n) is 15.6. The number of hydrogen-bond donors (Lipinski definition) is 1. The largest absolute Gasteiger partial charge is 0.377 e. The van der Waals surface area contributed by atoms with Gasteiger partial charge in [0.05, 0.1) is 11.5 Å². The third kappa shape index (κ3) is 4.69. The Morgan fingerprint density at radius 1 is 0.920 bits per heavy atom. The molecular formula is C20H27NO3S. The molecule has 0 saturated carbocycles. The minimum absolute atomic E-state index is 0.267. The predicted molar refractivity (Wildman–Crippen MR) is 101 cm³/mol. The van der Waals surface area contributed by atoms with Crippen LogP contribution in [-0.2, 0) is 27.9 Å². The highest BCUT2D eigenvalue weighted by Crippen LogP contribution is 2.26. The summed E-state index contributed by atoms with van der Waals surface area (Å²) in [5.74, 6) is 0. The van der Waals surface area contributed by atoms with Crippen LogP contribution in [0.4, 0.5) is 0 Å². The number of rotatable bonds is 7. The van der Waals surface area contributed by atoms with Crippen molar-refractivity contribution in [1.29, 1.82) is 0 Å². The fraction of sp³-hybridized carbons (Fsp3) is 0.400. The van der Waals surface area contributed by atoms with Crippen LogP contribution in [0.5, 0.6) is 0 Å². The van der Waals surface area contributed by atoms with E-state index < -0.39 is 10.0 Å². The van der Waals surface area contributed by atoms with Crippen LogP contribution < -0.4 is 4.72 Å². The first-order valence-corrected chi connectivity index (χ1v) is 9.97. The molecule has 0 bridgehead atoms. The van der Waals surface area contributed by atoms with Gasteiger partial charge in [-0.3, -0.25) is 0 Å². The molecule has 0 aliphatic rings. The van der Waals surface area contributed by atoms with Crippen LogP contribution in [0.25, 0.3) is 0 Å². The first-order valence-electron chi connectivity index (χ1n) is 8.49. The molecule has 0 saturated heterocycles. The molecule has 25 heavy (non-hydrogen) atoms. The first-order chi connectivity index (χ1) is 11.8. The summed E-state index contributed by atoms with van der Waals surface area (Å²) in [6, 6.07) is 9.82. The van der Waals surface area contributed by atoms with E-state index in [4.69, 9.17) is 4.74 Å². The van der Waals surface area contributed by atoms with Gasteiger partial charge in [0.15, 0.2) is 0 Å². The van der Waals surface area contributed by atoms with Gasteiger partial charge in [0, 0.05) is 13.2 Å². The van der Waals surface area contributed by atoms with E-state index in [-0.39, 0.29) is 6.54 Å². The zero-order valence-corrected chi connectivity index (χ0v) is 16.5. The highest BCUT2D eigenvalue weighted by molar-refractivity contribution is 7.89. The molecule has 0 unspecified atom stereocenters. The monoisotopic (exact) mass is 361 g/mol. The Kier molecular flexibility index (Phi) is 6.38. The van der Waals surface area contributed by atoms with E-state index in [9.17, 15) is 8.42 Å². The maximum atomic E-state index is 12.8. The molecule has 0 atom stereocenters. The SMILES string of the molecule is CCOCc1ccc(CNS(=O)(=O)c2c(C)c(C)cc(C)c2C)cc1. The van der Waals surface area contributed by atoms with Crippen molar-refractivity contribution in [2.75, 3.05) is 6.61 Å². The quantitative estimate of drug-likeness (QED) is 0.813.